The molecule has 0 fully saturated rings. The fourth-order valence-corrected chi connectivity index (χ4v) is 2.08. The Bertz CT molecular complexity index is 675. The van der Waals surface area contributed by atoms with Gasteiger partial charge in [0.2, 0.25) is 0 Å². The molecule has 0 spiro atoms. The lowest BCUT2D eigenvalue weighted by atomic mass is 9.97. The first-order chi connectivity index (χ1) is 10.1. The number of carbonyl (C=O) groups is 1. The number of carbonyl (C=O) groups excluding carboxylic acids is 1. The molecule has 4 heteroatoms. The molecule has 0 radical (unpaired) electrons. The van der Waals surface area contributed by atoms with Crippen molar-refractivity contribution in [1.82, 2.24) is 0 Å². The average Bonchev–Trinajstić information content (AvgIpc) is 2.49. The maximum Gasteiger partial charge on any atom is 0.341 e. The van der Waals surface area contributed by atoms with Crippen molar-refractivity contribution >= 4 is 5.97 Å². The summed E-state index contributed by atoms with van der Waals surface area (Å²) in [5, 5.41) is 10.1. The largest absolute Gasteiger partial charge is 0.507 e. The van der Waals surface area contributed by atoms with Gasteiger partial charge in [-0.25, -0.2) is 9.18 Å². The van der Waals surface area contributed by atoms with Crippen LogP contribution in [0.15, 0.2) is 49.1 Å². The molecule has 0 atom stereocenters. The highest BCUT2D eigenvalue weighted by atomic mass is 19.1. The summed E-state index contributed by atoms with van der Waals surface area (Å²) in [6.07, 6.45) is 2.04. The highest BCUT2D eigenvalue weighted by Crippen LogP contribution is 2.31. The number of aromatic hydroxyl groups is 1. The molecule has 2 aromatic rings. The Labute approximate surface area is 122 Å². The van der Waals surface area contributed by atoms with Crippen LogP contribution in [0.3, 0.4) is 0 Å². The van der Waals surface area contributed by atoms with Crippen molar-refractivity contribution in [3.05, 3.63) is 66.0 Å². The minimum Gasteiger partial charge on any atom is -0.507 e. The lowest BCUT2D eigenvalue weighted by molar-refractivity contribution is 0.0597. The van der Waals surface area contributed by atoms with Gasteiger partial charge in [-0.1, -0.05) is 18.2 Å². The van der Waals surface area contributed by atoms with Gasteiger partial charge in [0.1, 0.15) is 17.1 Å². The van der Waals surface area contributed by atoms with Crippen molar-refractivity contribution in [3.63, 3.8) is 0 Å². The first-order valence-electron chi connectivity index (χ1n) is 6.38. The SMILES string of the molecule is C=CCc1cc(-c2ccc(F)cc2)cc(C(=O)OC)c1O. The van der Waals surface area contributed by atoms with Crippen molar-refractivity contribution in [2.24, 2.45) is 0 Å². The molecule has 0 saturated heterocycles. The second-order valence-electron chi connectivity index (χ2n) is 4.52. The van der Waals surface area contributed by atoms with Crippen LogP contribution in [0, 0.1) is 5.82 Å². The van der Waals surface area contributed by atoms with Gasteiger partial charge >= 0.3 is 5.97 Å². The van der Waals surface area contributed by atoms with Gasteiger partial charge in [0.15, 0.2) is 0 Å². The van der Waals surface area contributed by atoms with Crippen LogP contribution in [0.4, 0.5) is 4.39 Å². The first kappa shape index (κ1) is 14.8. The molecule has 0 amide bonds. The van der Waals surface area contributed by atoms with Crippen LogP contribution in [0.1, 0.15) is 15.9 Å². The van der Waals surface area contributed by atoms with Crippen LogP contribution in [-0.4, -0.2) is 18.2 Å². The Kier molecular flexibility index (Phi) is 4.38. The zero-order valence-electron chi connectivity index (χ0n) is 11.6. The molecule has 3 nitrogen and oxygen atoms in total. The van der Waals surface area contributed by atoms with Gasteiger partial charge < -0.3 is 9.84 Å². The van der Waals surface area contributed by atoms with Crippen LogP contribution in [0.2, 0.25) is 0 Å². The molecule has 0 aliphatic heterocycles. The van der Waals surface area contributed by atoms with Crippen molar-refractivity contribution in [1.29, 1.82) is 0 Å². The number of hydrogen-bond acceptors (Lipinski definition) is 3. The summed E-state index contributed by atoms with van der Waals surface area (Å²) in [5.74, 6) is -1.08. The summed E-state index contributed by atoms with van der Waals surface area (Å²) in [4.78, 5) is 11.8. The number of allylic oxidation sites excluding steroid dienone is 1. The molecule has 2 aromatic carbocycles. The zero-order chi connectivity index (χ0) is 15.4. The number of hydrogen-bond donors (Lipinski definition) is 1. The van der Waals surface area contributed by atoms with Crippen molar-refractivity contribution in [2.75, 3.05) is 7.11 Å². The van der Waals surface area contributed by atoms with Crippen LogP contribution in [0.5, 0.6) is 5.75 Å². The molecule has 21 heavy (non-hydrogen) atoms. The van der Waals surface area contributed by atoms with E-state index in [2.05, 4.69) is 11.3 Å². The van der Waals surface area contributed by atoms with E-state index in [1.807, 2.05) is 0 Å². The zero-order valence-corrected chi connectivity index (χ0v) is 11.6. The summed E-state index contributed by atoms with van der Waals surface area (Å²) < 4.78 is 17.7. The van der Waals surface area contributed by atoms with E-state index < -0.39 is 5.97 Å². The number of ether oxygens (including phenoxy) is 1. The summed E-state index contributed by atoms with van der Waals surface area (Å²) in [6.45, 7) is 3.63. The Hall–Kier alpha value is -2.62. The highest BCUT2D eigenvalue weighted by Gasteiger charge is 2.17. The molecule has 0 bridgehead atoms. The average molecular weight is 286 g/mol. The normalized spacial score (nSPS) is 10.2. The number of rotatable bonds is 4. The second kappa shape index (κ2) is 6.22. The lowest BCUT2D eigenvalue weighted by Gasteiger charge is -2.11. The molecule has 0 aromatic heterocycles. The van der Waals surface area contributed by atoms with Crippen molar-refractivity contribution < 1.29 is 19.0 Å². The lowest BCUT2D eigenvalue weighted by Crippen LogP contribution is -2.03. The number of halogens is 1. The van der Waals surface area contributed by atoms with Gasteiger partial charge in [-0.05, 0) is 47.4 Å². The van der Waals surface area contributed by atoms with E-state index in [0.717, 1.165) is 5.56 Å². The predicted molar refractivity (Wildman–Crippen MR) is 78.7 cm³/mol. The number of methoxy groups -OCH3 is 1. The van der Waals surface area contributed by atoms with E-state index in [4.69, 9.17) is 0 Å². The monoisotopic (exact) mass is 286 g/mol. The fraction of sp³-hybridized carbons (Fsp3) is 0.118. The summed E-state index contributed by atoms with van der Waals surface area (Å²) in [7, 11) is 1.25. The van der Waals surface area contributed by atoms with Gasteiger partial charge in [0.25, 0.3) is 0 Å². The molecule has 0 aliphatic carbocycles. The molecule has 2 rings (SSSR count). The van der Waals surface area contributed by atoms with E-state index in [0.29, 0.717) is 17.5 Å². The van der Waals surface area contributed by atoms with Crippen LogP contribution in [-0.2, 0) is 11.2 Å². The Morgan fingerprint density at radius 3 is 2.52 bits per heavy atom. The molecule has 0 saturated carbocycles. The third-order valence-electron chi connectivity index (χ3n) is 3.14. The molecule has 1 N–H and O–H groups in total. The predicted octanol–water partition coefficient (Wildman–Crippen LogP) is 3.71. The second-order valence-corrected chi connectivity index (χ2v) is 4.52. The smallest absolute Gasteiger partial charge is 0.341 e. The number of benzene rings is 2. The van der Waals surface area contributed by atoms with Gasteiger partial charge in [0, 0.05) is 0 Å². The Balaban J connectivity index is 2.60. The molecular formula is C17H15FO3. The topological polar surface area (TPSA) is 46.5 Å². The maximum absolute atomic E-state index is 13.0. The number of phenolic OH excluding ortho intramolecular Hbond substituents is 1. The van der Waals surface area contributed by atoms with Crippen molar-refractivity contribution in [2.45, 2.75) is 6.42 Å². The van der Waals surface area contributed by atoms with Crippen LogP contribution >= 0.6 is 0 Å². The van der Waals surface area contributed by atoms with Gasteiger partial charge in [-0.15, -0.1) is 6.58 Å². The van der Waals surface area contributed by atoms with E-state index in [1.165, 1.54) is 25.3 Å². The van der Waals surface area contributed by atoms with Crippen LogP contribution in [0.25, 0.3) is 11.1 Å². The van der Waals surface area contributed by atoms with E-state index >= 15 is 0 Å². The van der Waals surface area contributed by atoms with Gasteiger partial charge in [0.05, 0.1) is 7.11 Å². The number of esters is 1. The molecule has 108 valence electrons. The van der Waals surface area contributed by atoms with E-state index in [9.17, 15) is 14.3 Å². The van der Waals surface area contributed by atoms with Crippen LogP contribution < -0.4 is 0 Å². The molecule has 0 unspecified atom stereocenters. The maximum atomic E-state index is 13.0. The summed E-state index contributed by atoms with van der Waals surface area (Å²) in [6, 6.07) is 9.18. The fourth-order valence-electron chi connectivity index (χ4n) is 2.08. The Morgan fingerprint density at radius 1 is 1.29 bits per heavy atom. The molecule has 0 aliphatic rings. The van der Waals surface area contributed by atoms with E-state index in [1.54, 1.807) is 24.3 Å². The highest BCUT2D eigenvalue weighted by molar-refractivity contribution is 5.94. The Morgan fingerprint density at radius 2 is 1.95 bits per heavy atom. The standard InChI is InChI=1S/C17H15FO3/c1-3-4-12-9-13(11-5-7-14(18)8-6-11)10-15(16(12)19)17(20)21-2/h3,5-10,19H,1,4H2,2H3. The summed E-state index contributed by atoms with van der Waals surface area (Å²) in [5.41, 5.74) is 2.08. The first-order valence-corrected chi connectivity index (χ1v) is 6.38. The third-order valence-corrected chi connectivity index (χ3v) is 3.14. The quantitative estimate of drug-likeness (QED) is 0.688. The summed E-state index contributed by atoms with van der Waals surface area (Å²) >= 11 is 0. The molecule has 0 heterocycles. The third kappa shape index (κ3) is 3.11. The van der Waals surface area contributed by atoms with Gasteiger partial charge in [-0.3, -0.25) is 0 Å². The van der Waals surface area contributed by atoms with Crippen molar-refractivity contribution in [3.8, 4) is 16.9 Å². The van der Waals surface area contributed by atoms with E-state index in [-0.39, 0.29) is 17.1 Å². The minimum absolute atomic E-state index is 0.0798. The minimum atomic E-state index is -0.623. The van der Waals surface area contributed by atoms with Gasteiger partial charge in [-0.2, -0.15) is 0 Å². The number of phenols is 1. The molecular weight excluding hydrogens is 271 g/mol.